The zero-order valence-corrected chi connectivity index (χ0v) is 14.7. The second kappa shape index (κ2) is 7.41. The number of rotatable bonds is 4. The summed E-state index contributed by atoms with van der Waals surface area (Å²) in [5.74, 6) is 0.500. The van der Waals surface area contributed by atoms with E-state index < -0.39 is 9.84 Å². The fraction of sp³-hybridized carbons (Fsp3) is 0.500. The van der Waals surface area contributed by atoms with Crippen molar-refractivity contribution < 1.29 is 12.8 Å². The molecule has 1 aliphatic rings. The molecule has 1 saturated heterocycles. The van der Waals surface area contributed by atoms with E-state index >= 15 is 0 Å². The summed E-state index contributed by atoms with van der Waals surface area (Å²) in [5.41, 5.74) is 0.486. The number of aliphatic imine (C=N–C) groups is 1. The molecule has 0 aliphatic carbocycles. The average molecular weight is 392 g/mol. The van der Waals surface area contributed by atoms with Crippen molar-refractivity contribution in [2.24, 2.45) is 4.99 Å². The first-order valence-corrected chi connectivity index (χ1v) is 9.70. The van der Waals surface area contributed by atoms with Gasteiger partial charge in [0.05, 0.1) is 18.1 Å². The minimum atomic E-state index is -2.95. The molecule has 1 atom stereocenters. The van der Waals surface area contributed by atoms with Crippen molar-refractivity contribution in [2.75, 3.05) is 18.1 Å². The Morgan fingerprint density at radius 3 is 2.86 bits per heavy atom. The van der Waals surface area contributed by atoms with E-state index in [0.29, 0.717) is 29.0 Å². The van der Waals surface area contributed by atoms with Crippen LogP contribution in [0.5, 0.6) is 0 Å². The molecule has 122 valence electrons. The SMILES string of the molecule is CCNC(=NCc1ccc(Br)cc1F)NC1CCS(=O)(=O)C1. The molecule has 22 heavy (non-hydrogen) atoms. The Morgan fingerprint density at radius 2 is 2.27 bits per heavy atom. The molecule has 1 fully saturated rings. The number of nitrogens with one attached hydrogen (secondary N) is 2. The molecular weight excluding hydrogens is 373 g/mol. The van der Waals surface area contributed by atoms with E-state index in [2.05, 4.69) is 31.6 Å². The maximum absolute atomic E-state index is 13.8. The molecule has 1 unspecified atom stereocenters. The monoisotopic (exact) mass is 391 g/mol. The van der Waals surface area contributed by atoms with E-state index in [0.717, 1.165) is 0 Å². The predicted octanol–water partition coefficient (Wildman–Crippen LogP) is 1.83. The number of hydrogen-bond acceptors (Lipinski definition) is 3. The quantitative estimate of drug-likeness (QED) is 0.606. The average Bonchev–Trinajstić information content (AvgIpc) is 2.77. The Morgan fingerprint density at radius 1 is 1.50 bits per heavy atom. The van der Waals surface area contributed by atoms with Crippen LogP contribution in [-0.2, 0) is 16.4 Å². The van der Waals surface area contributed by atoms with Crippen molar-refractivity contribution in [1.29, 1.82) is 0 Å². The van der Waals surface area contributed by atoms with Gasteiger partial charge in [-0.1, -0.05) is 22.0 Å². The summed E-state index contributed by atoms with van der Waals surface area (Å²) >= 11 is 3.21. The molecule has 1 aromatic rings. The van der Waals surface area contributed by atoms with Gasteiger partial charge in [0.15, 0.2) is 15.8 Å². The van der Waals surface area contributed by atoms with Crippen LogP contribution in [0.25, 0.3) is 0 Å². The van der Waals surface area contributed by atoms with Gasteiger partial charge in [-0.3, -0.25) is 0 Å². The zero-order chi connectivity index (χ0) is 16.2. The number of nitrogens with zero attached hydrogens (tertiary/aromatic N) is 1. The van der Waals surface area contributed by atoms with Gasteiger partial charge >= 0.3 is 0 Å². The standard InChI is InChI=1S/C14H19BrFN3O2S/c1-2-17-14(19-12-5-6-22(20,21)9-12)18-8-10-3-4-11(15)7-13(10)16/h3-4,7,12H,2,5-6,8-9H2,1H3,(H2,17,18,19). The highest BCUT2D eigenvalue weighted by molar-refractivity contribution is 9.10. The molecule has 0 amide bonds. The largest absolute Gasteiger partial charge is 0.357 e. The van der Waals surface area contributed by atoms with Gasteiger partial charge in [0, 0.05) is 22.6 Å². The van der Waals surface area contributed by atoms with Gasteiger partial charge in [-0.15, -0.1) is 0 Å². The van der Waals surface area contributed by atoms with Crippen LogP contribution in [0.4, 0.5) is 4.39 Å². The lowest BCUT2D eigenvalue weighted by molar-refractivity contribution is 0.599. The molecule has 2 rings (SSSR count). The molecule has 2 N–H and O–H groups in total. The third-order valence-electron chi connectivity index (χ3n) is 3.34. The number of halogens is 2. The molecule has 1 aliphatic heterocycles. The fourth-order valence-electron chi connectivity index (χ4n) is 2.24. The van der Waals surface area contributed by atoms with Crippen molar-refractivity contribution in [2.45, 2.75) is 25.9 Å². The summed E-state index contributed by atoms with van der Waals surface area (Å²) in [5, 5.41) is 6.15. The lowest BCUT2D eigenvalue weighted by atomic mass is 10.2. The van der Waals surface area contributed by atoms with Gasteiger partial charge in [0.1, 0.15) is 5.82 Å². The minimum Gasteiger partial charge on any atom is -0.357 e. The number of guanidine groups is 1. The number of hydrogen-bond donors (Lipinski definition) is 2. The topological polar surface area (TPSA) is 70.6 Å². The molecular formula is C14H19BrFN3O2S. The van der Waals surface area contributed by atoms with Crippen molar-refractivity contribution in [3.63, 3.8) is 0 Å². The summed E-state index contributed by atoms with van der Waals surface area (Å²) in [7, 11) is -2.95. The Hall–Kier alpha value is -1.15. The van der Waals surface area contributed by atoms with Crippen LogP contribution in [0, 0.1) is 5.82 Å². The maximum atomic E-state index is 13.8. The van der Waals surface area contributed by atoms with Crippen LogP contribution >= 0.6 is 15.9 Å². The molecule has 1 heterocycles. The lowest BCUT2D eigenvalue weighted by Gasteiger charge is -2.15. The second-order valence-corrected chi connectivity index (χ2v) is 8.32. The summed E-state index contributed by atoms with van der Waals surface area (Å²) in [6.07, 6.45) is 0.569. The first-order chi connectivity index (χ1) is 10.4. The summed E-state index contributed by atoms with van der Waals surface area (Å²) in [6.45, 7) is 2.75. The Bertz CT molecular complexity index is 664. The van der Waals surface area contributed by atoms with E-state index in [1.54, 1.807) is 12.1 Å². The highest BCUT2D eigenvalue weighted by atomic mass is 79.9. The number of benzene rings is 1. The normalized spacial score (nSPS) is 20.9. The third kappa shape index (κ3) is 4.95. The van der Waals surface area contributed by atoms with Gasteiger partial charge in [-0.05, 0) is 25.5 Å². The van der Waals surface area contributed by atoms with Gasteiger partial charge in [0.2, 0.25) is 0 Å². The van der Waals surface area contributed by atoms with Crippen molar-refractivity contribution >= 4 is 31.7 Å². The van der Waals surface area contributed by atoms with E-state index in [1.165, 1.54) is 6.07 Å². The summed E-state index contributed by atoms with van der Waals surface area (Å²) in [4.78, 5) is 4.33. The van der Waals surface area contributed by atoms with Crippen LogP contribution in [0.3, 0.4) is 0 Å². The fourth-order valence-corrected chi connectivity index (χ4v) is 4.24. The van der Waals surface area contributed by atoms with Gasteiger partial charge in [-0.25, -0.2) is 17.8 Å². The minimum absolute atomic E-state index is 0.115. The number of sulfone groups is 1. The van der Waals surface area contributed by atoms with Crippen LogP contribution in [-0.4, -0.2) is 38.5 Å². The van der Waals surface area contributed by atoms with Crippen LogP contribution in [0.2, 0.25) is 0 Å². The Labute approximate surface area is 138 Å². The Balaban J connectivity index is 2.03. The van der Waals surface area contributed by atoms with Gasteiger partial charge < -0.3 is 10.6 Å². The van der Waals surface area contributed by atoms with E-state index in [1.807, 2.05) is 6.92 Å². The second-order valence-electron chi connectivity index (χ2n) is 5.18. The highest BCUT2D eigenvalue weighted by Gasteiger charge is 2.28. The predicted molar refractivity (Wildman–Crippen MR) is 89.1 cm³/mol. The zero-order valence-electron chi connectivity index (χ0n) is 12.3. The van der Waals surface area contributed by atoms with E-state index in [9.17, 15) is 12.8 Å². The highest BCUT2D eigenvalue weighted by Crippen LogP contribution is 2.16. The molecule has 5 nitrogen and oxygen atoms in total. The van der Waals surface area contributed by atoms with Crippen molar-refractivity contribution in [1.82, 2.24) is 10.6 Å². The van der Waals surface area contributed by atoms with E-state index in [4.69, 9.17) is 0 Å². The summed E-state index contributed by atoms with van der Waals surface area (Å²) < 4.78 is 37.4. The van der Waals surface area contributed by atoms with Gasteiger partial charge in [-0.2, -0.15) is 0 Å². The summed E-state index contributed by atoms with van der Waals surface area (Å²) in [6, 6.07) is 4.69. The molecule has 0 radical (unpaired) electrons. The molecule has 0 spiro atoms. The van der Waals surface area contributed by atoms with Gasteiger partial charge in [0.25, 0.3) is 0 Å². The maximum Gasteiger partial charge on any atom is 0.191 e. The van der Waals surface area contributed by atoms with E-state index in [-0.39, 0.29) is 29.9 Å². The molecule has 8 heteroatoms. The van der Waals surface area contributed by atoms with Crippen molar-refractivity contribution in [3.8, 4) is 0 Å². The van der Waals surface area contributed by atoms with Crippen molar-refractivity contribution in [3.05, 3.63) is 34.1 Å². The first-order valence-electron chi connectivity index (χ1n) is 7.09. The van der Waals surface area contributed by atoms with Crippen LogP contribution < -0.4 is 10.6 Å². The third-order valence-corrected chi connectivity index (χ3v) is 5.60. The molecule has 1 aromatic carbocycles. The lowest BCUT2D eigenvalue weighted by Crippen LogP contribution is -2.44. The molecule has 0 aromatic heterocycles. The molecule has 0 saturated carbocycles. The van der Waals surface area contributed by atoms with Crippen LogP contribution in [0.1, 0.15) is 18.9 Å². The Kier molecular flexibility index (Phi) is 5.80. The molecule has 0 bridgehead atoms. The first kappa shape index (κ1) is 17.2. The smallest absolute Gasteiger partial charge is 0.191 e. The van der Waals surface area contributed by atoms with Crippen LogP contribution in [0.15, 0.2) is 27.7 Å².